The maximum Gasteiger partial charge on any atom is 0.416 e. The summed E-state index contributed by atoms with van der Waals surface area (Å²) >= 11 is 0. The van der Waals surface area contributed by atoms with Gasteiger partial charge in [0, 0.05) is 43.0 Å². The molecule has 0 spiro atoms. The molecule has 1 amide bonds. The highest BCUT2D eigenvalue weighted by Gasteiger charge is 2.30. The number of halogens is 3. The Morgan fingerprint density at radius 3 is 2.39 bits per heavy atom. The van der Waals surface area contributed by atoms with E-state index in [0.29, 0.717) is 36.2 Å². The van der Waals surface area contributed by atoms with E-state index in [0.717, 1.165) is 34.8 Å². The van der Waals surface area contributed by atoms with Gasteiger partial charge in [-0.3, -0.25) is 9.78 Å². The normalized spacial score (nSPS) is 11.6. The number of carbonyl (C=O) groups excluding carboxylic acids is 1. The van der Waals surface area contributed by atoms with Crippen LogP contribution in [-0.4, -0.2) is 26.8 Å². The van der Waals surface area contributed by atoms with Crippen LogP contribution >= 0.6 is 0 Å². The maximum absolute atomic E-state index is 13.3. The third kappa shape index (κ3) is 5.75. The highest BCUT2D eigenvalue weighted by molar-refractivity contribution is 5.77. The van der Waals surface area contributed by atoms with Crippen molar-refractivity contribution in [2.45, 2.75) is 25.4 Å². The summed E-state index contributed by atoms with van der Waals surface area (Å²) in [4.78, 5) is 21.7. The molecule has 3 heterocycles. The van der Waals surface area contributed by atoms with Gasteiger partial charge < -0.3 is 9.72 Å². The summed E-state index contributed by atoms with van der Waals surface area (Å²) in [5.74, 6) is -0.0936. The second kappa shape index (κ2) is 10.9. The third-order valence-corrected chi connectivity index (χ3v) is 6.31. The van der Waals surface area contributed by atoms with Crippen LogP contribution < -0.4 is 5.32 Å². The number of rotatable bonds is 8. The van der Waals surface area contributed by atoms with Crippen molar-refractivity contribution in [3.63, 3.8) is 0 Å². The van der Waals surface area contributed by atoms with Gasteiger partial charge in [0.25, 0.3) is 0 Å². The van der Waals surface area contributed by atoms with E-state index in [1.807, 2.05) is 52.9 Å². The van der Waals surface area contributed by atoms with Gasteiger partial charge in [-0.1, -0.05) is 48.5 Å². The number of imidazole rings is 1. The molecule has 0 unspecified atom stereocenters. The smallest absolute Gasteiger partial charge is 0.356 e. The molecule has 0 bridgehead atoms. The number of nitrogens with zero attached hydrogens (tertiary/aromatic N) is 3. The number of aryl methyl sites for hydroxylation is 1. The molecular formula is C30H25F3N4O. The fraction of sp³-hybridized carbons (Fsp3) is 0.167. The third-order valence-electron chi connectivity index (χ3n) is 6.31. The molecule has 38 heavy (non-hydrogen) atoms. The van der Waals surface area contributed by atoms with Crippen LogP contribution in [0.15, 0.2) is 97.3 Å². The molecule has 0 aliphatic carbocycles. The Morgan fingerprint density at radius 1 is 0.842 bits per heavy atom. The van der Waals surface area contributed by atoms with Crippen molar-refractivity contribution in [3.05, 3.63) is 114 Å². The van der Waals surface area contributed by atoms with Crippen molar-refractivity contribution in [1.82, 2.24) is 19.7 Å². The molecule has 3 aromatic heterocycles. The first-order valence-corrected chi connectivity index (χ1v) is 12.3. The second-order valence-corrected chi connectivity index (χ2v) is 8.92. The van der Waals surface area contributed by atoms with E-state index in [1.165, 1.54) is 6.07 Å². The van der Waals surface area contributed by atoms with Crippen LogP contribution in [0.5, 0.6) is 0 Å². The summed E-state index contributed by atoms with van der Waals surface area (Å²) < 4.78 is 41.8. The lowest BCUT2D eigenvalue weighted by Gasteiger charge is -2.10. The van der Waals surface area contributed by atoms with Crippen LogP contribution in [0.3, 0.4) is 0 Å². The van der Waals surface area contributed by atoms with Gasteiger partial charge in [-0.25, -0.2) is 4.98 Å². The Bertz CT molecular complexity index is 1550. The zero-order valence-corrected chi connectivity index (χ0v) is 20.4. The average Bonchev–Trinajstić information content (AvgIpc) is 3.30. The summed E-state index contributed by atoms with van der Waals surface area (Å²) in [7, 11) is 0. The van der Waals surface area contributed by atoms with E-state index < -0.39 is 11.7 Å². The fourth-order valence-corrected chi connectivity index (χ4v) is 4.40. The highest BCUT2D eigenvalue weighted by Crippen LogP contribution is 2.33. The quantitative estimate of drug-likeness (QED) is 0.262. The summed E-state index contributed by atoms with van der Waals surface area (Å²) in [6, 6.07) is 24.1. The summed E-state index contributed by atoms with van der Waals surface area (Å²) in [6.07, 6.45) is 0.373. The van der Waals surface area contributed by atoms with Gasteiger partial charge in [-0.2, -0.15) is 13.2 Å². The van der Waals surface area contributed by atoms with Gasteiger partial charge in [-0.15, -0.1) is 0 Å². The molecule has 0 aliphatic rings. The van der Waals surface area contributed by atoms with Gasteiger partial charge in [0.1, 0.15) is 5.65 Å². The molecule has 5 aromatic rings. The average molecular weight is 515 g/mol. The Balaban J connectivity index is 1.42. The number of pyridine rings is 2. The van der Waals surface area contributed by atoms with Crippen LogP contribution in [0.25, 0.3) is 28.0 Å². The predicted octanol–water partition coefficient (Wildman–Crippen LogP) is 6.37. The summed E-state index contributed by atoms with van der Waals surface area (Å²) in [6.45, 7) is 0.480. The first kappa shape index (κ1) is 25.2. The fourth-order valence-electron chi connectivity index (χ4n) is 4.40. The number of aromatic nitrogens is 3. The number of carbonyl (C=O) groups is 1. The number of nitrogens with one attached hydrogen (secondary N) is 1. The zero-order valence-electron chi connectivity index (χ0n) is 20.4. The number of benzene rings is 2. The standard InChI is InChI=1S/C30H25F3N4O/c31-30(32,33)24-10-6-9-22(19-24)23-12-14-27-36-29(21-7-2-1-3-8-21)26(37(27)20-23)13-15-28(38)35-18-16-25-11-4-5-17-34-25/h1-12,14,17,19-20H,13,15-16,18H2,(H,35,38). The Hall–Kier alpha value is -4.46. The van der Waals surface area contributed by atoms with E-state index >= 15 is 0 Å². The minimum absolute atomic E-state index is 0.0936. The lowest BCUT2D eigenvalue weighted by atomic mass is 10.0. The minimum Gasteiger partial charge on any atom is -0.356 e. The van der Waals surface area contributed by atoms with Crippen molar-refractivity contribution >= 4 is 11.6 Å². The predicted molar refractivity (Wildman–Crippen MR) is 140 cm³/mol. The number of hydrogen-bond donors (Lipinski definition) is 1. The molecule has 0 fully saturated rings. The van der Waals surface area contributed by atoms with Crippen LogP contribution in [0, 0.1) is 0 Å². The van der Waals surface area contributed by atoms with E-state index in [4.69, 9.17) is 4.98 Å². The molecule has 5 rings (SSSR count). The Morgan fingerprint density at radius 2 is 1.63 bits per heavy atom. The van der Waals surface area contributed by atoms with Crippen molar-refractivity contribution in [3.8, 4) is 22.4 Å². The lowest BCUT2D eigenvalue weighted by Crippen LogP contribution is -2.26. The van der Waals surface area contributed by atoms with Crippen LogP contribution in [0.4, 0.5) is 13.2 Å². The molecule has 0 radical (unpaired) electrons. The Labute approximate surface area is 218 Å². The van der Waals surface area contributed by atoms with Gasteiger partial charge >= 0.3 is 6.18 Å². The number of amides is 1. The Kier molecular flexibility index (Phi) is 7.22. The molecule has 5 nitrogen and oxygen atoms in total. The van der Waals surface area contributed by atoms with E-state index in [1.54, 1.807) is 30.6 Å². The minimum atomic E-state index is -4.43. The molecule has 0 saturated heterocycles. The van der Waals surface area contributed by atoms with Crippen molar-refractivity contribution in [1.29, 1.82) is 0 Å². The zero-order chi connectivity index (χ0) is 26.5. The van der Waals surface area contributed by atoms with Crippen molar-refractivity contribution in [2.75, 3.05) is 6.54 Å². The topological polar surface area (TPSA) is 59.3 Å². The number of hydrogen-bond acceptors (Lipinski definition) is 3. The summed E-state index contributed by atoms with van der Waals surface area (Å²) in [5.41, 5.74) is 4.41. The summed E-state index contributed by atoms with van der Waals surface area (Å²) in [5, 5.41) is 2.94. The van der Waals surface area contributed by atoms with Gasteiger partial charge in [0.2, 0.25) is 5.91 Å². The van der Waals surface area contributed by atoms with Gasteiger partial charge in [-0.05, 0) is 53.9 Å². The van der Waals surface area contributed by atoms with Crippen LogP contribution in [0.1, 0.15) is 23.4 Å². The SMILES string of the molecule is O=C(CCc1c(-c2ccccc2)nc2ccc(-c3cccc(C(F)(F)F)c3)cn12)NCCc1ccccn1. The molecule has 8 heteroatoms. The lowest BCUT2D eigenvalue weighted by molar-refractivity contribution is -0.137. The van der Waals surface area contributed by atoms with Gasteiger partial charge in [0.15, 0.2) is 0 Å². The van der Waals surface area contributed by atoms with Crippen molar-refractivity contribution in [2.24, 2.45) is 0 Å². The molecule has 0 aliphatic heterocycles. The molecule has 0 atom stereocenters. The molecular weight excluding hydrogens is 489 g/mol. The van der Waals surface area contributed by atoms with E-state index in [9.17, 15) is 18.0 Å². The maximum atomic E-state index is 13.3. The van der Waals surface area contributed by atoms with Crippen molar-refractivity contribution < 1.29 is 18.0 Å². The van der Waals surface area contributed by atoms with Gasteiger partial charge in [0.05, 0.1) is 17.0 Å². The molecule has 2 aromatic carbocycles. The van der Waals surface area contributed by atoms with Crippen LogP contribution in [-0.2, 0) is 23.8 Å². The first-order chi connectivity index (χ1) is 18.4. The van der Waals surface area contributed by atoms with E-state index in [2.05, 4.69) is 10.3 Å². The monoisotopic (exact) mass is 514 g/mol. The second-order valence-electron chi connectivity index (χ2n) is 8.92. The number of fused-ring (bicyclic) bond motifs is 1. The van der Waals surface area contributed by atoms with E-state index in [-0.39, 0.29) is 12.3 Å². The largest absolute Gasteiger partial charge is 0.416 e. The molecule has 192 valence electrons. The molecule has 0 saturated carbocycles. The highest BCUT2D eigenvalue weighted by atomic mass is 19.4. The molecule has 1 N–H and O–H groups in total. The number of alkyl halides is 3. The van der Waals surface area contributed by atoms with Crippen LogP contribution in [0.2, 0.25) is 0 Å². The first-order valence-electron chi connectivity index (χ1n) is 12.3.